The molecule has 0 saturated carbocycles. The summed E-state index contributed by atoms with van der Waals surface area (Å²) in [6, 6.07) is 9.77. The highest BCUT2D eigenvalue weighted by Crippen LogP contribution is 2.18. The van der Waals surface area contributed by atoms with Crippen LogP contribution in [0, 0.1) is 0 Å². The van der Waals surface area contributed by atoms with Gasteiger partial charge >= 0.3 is 17.8 Å². The zero-order valence-electron chi connectivity index (χ0n) is 9.28. The van der Waals surface area contributed by atoms with Gasteiger partial charge in [-0.15, -0.1) is 15.3 Å². The van der Waals surface area contributed by atoms with Crippen LogP contribution in [0.15, 0.2) is 39.2 Å². The number of anilines is 1. The van der Waals surface area contributed by atoms with Crippen molar-refractivity contribution in [1.82, 2.24) is 20.4 Å². The molecule has 0 saturated heterocycles. The highest BCUT2D eigenvalue weighted by atomic mass is 16.4. The van der Waals surface area contributed by atoms with Gasteiger partial charge in [0.1, 0.15) is 0 Å². The lowest BCUT2D eigenvalue weighted by atomic mass is 10.2. The minimum atomic E-state index is -0.0344. The molecule has 2 aromatic heterocycles. The van der Waals surface area contributed by atoms with E-state index in [-0.39, 0.29) is 17.8 Å². The average molecular weight is 243 g/mol. The lowest BCUT2D eigenvalue weighted by Crippen LogP contribution is -1.87. The zero-order chi connectivity index (χ0) is 12.4. The van der Waals surface area contributed by atoms with E-state index < -0.39 is 0 Å². The normalized spacial score (nSPS) is 10.7. The van der Waals surface area contributed by atoms with Crippen LogP contribution in [0.5, 0.6) is 0 Å². The van der Waals surface area contributed by atoms with Crippen molar-refractivity contribution in [3.05, 3.63) is 41.8 Å². The molecule has 7 heteroatoms. The van der Waals surface area contributed by atoms with Crippen molar-refractivity contribution < 1.29 is 8.83 Å². The smallest absolute Gasteiger partial charge is 0.313 e. The van der Waals surface area contributed by atoms with Crippen LogP contribution in [-0.2, 0) is 6.42 Å². The Balaban J connectivity index is 1.82. The number of benzene rings is 1. The maximum Gasteiger partial charge on any atom is 0.313 e. The standard InChI is InChI=1S/C11H9N5O2/c12-11-16-15-10(18-11)9-14-13-8(17-9)6-7-4-2-1-3-5-7/h1-5H,6H2,(H2,12,16). The Morgan fingerprint density at radius 2 is 1.61 bits per heavy atom. The third-order valence-electron chi connectivity index (χ3n) is 2.29. The fraction of sp³-hybridized carbons (Fsp3) is 0.0909. The molecule has 0 atom stereocenters. The van der Waals surface area contributed by atoms with Crippen molar-refractivity contribution in [2.45, 2.75) is 6.42 Å². The van der Waals surface area contributed by atoms with E-state index in [0.29, 0.717) is 12.3 Å². The van der Waals surface area contributed by atoms with Crippen LogP contribution in [0.4, 0.5) is 6.01 Å². The molecule has 2 N–H and O–H groups in total. The van der Waals surface area contributed by atoms with Gasteiger partial charge in [0.25, 0.3) is 0 Å². The molecular formula is C11H9N5O2. The summed E-state index contributed by atoms with van der Waals surface area (Å²) < 4.78 is 10.4. The number of aromatic nitrogens is 4. The highest BCUT2D eigenvalue weighted by Gasteiger charge is 2.14. The minimum Gasteiger partial charge on any atom is -0.417 e. The van der Waals surface area contributed by atoms with E-state index in [1.165, 1.54) is 0 Å². The Kier molecular flexibility index (Phi) is 2.49. The molecule has 0 radical (unpaired) electrons. The first-order valence-electron chi connectivity index (χ1n) is 5.27. The number of rotatable bonds is 3. The first-order chi connectivity index (χ1) is 8.81. The molecule has 18 heavy (non-hydrogen) atoms. The van der Waals surface area contributed by atoms with Gasteiger partial charge in [0.05, 0.1) is 6.42 Å². The van der Waals surface area contributed by atoms with Gasteiger partial charge in [0.15, 0.2) is 0 Å². The van der Waals surface area contributed by atoms with Crippen LogP contribution >= 0.6 is 0 Å². The topological polar surface area (TPSA) is 104 Å². The van der Waals surface area contributed by atoms with E-state index in [1.807, 2.05) is 30.3 Å². The van der Waals surface area contributed by atoms with Crippen molar-refractivity contribution in [3.63, 3.8) is 0 Å². The van der Waals surface area contributed by atoms with Gasteiger partial charge in [-0.25, -0.2) is 0 Å². The molecule has 90 valence electrons. The summed E-state index contributed by atoms with van der Waals surface area (Å²) >= 11 is 0. The van der Waals surface area contributed by atoms with Crippen LogP contribution in [0.3, 0.4) is 0 Å². The largest absolute Gasteiger partial charge is 0.417 e. The predicted octanol–water partition coefficient (Wildman–Crippen LogP) is 1.29. The van der Waals surface area contributed by atoms with Crippen LogP contribution in [0.25, 0.3) is 11.8 Å². The van der Waals surface area contributed by atoms with Crippen molar-refractivity contribution in [1.29, 1.82) is 0 Å². The average Bonchev–Trinajstić information content (AvgIpc) is 2.99. The van der Waals surface area contributed by atoms with E-state index in [0.717, 1.165) is 5.56 Å². The molecule has 0 unspecified atom stereocenters. The number of nitrogens with zero attached hydrogens (tertiary/aromatic N) is 4. The van der Waals surface area contributed by atoms with Crippen LogP contribution in [-0.4, -0.2) is 20.4 Å². The van der Waals surface area contributed by atoms with Crippen LogP contribution < -0.4 is 5.73 Å². The number of nitrogen functional groups attached to an aromatic ring is 1. The molecule has 3 rings (SSSR count). The zero-order valence-corrected chi connectivity index (χ0v) is 9.28. The molecule has 0 aliphatic heterocycles. The van der Waals surface area contributed by atoms with E-state index in [9.17, 15) is 0 Å². The summed E-state index contributed by atoms with van der Waals surface area (Å²) in [6.45, 7) is 0. The summed E-state index contributed by atoms with van der Waals surface area (Å²) in [4.78, 5) is 0. The molecule has 0 aliphatic carbocycles. The first-order valence-corrected chi connectivity index (χ1v) is 5.27. The Hall–Kier alpha value is -2.70. The van der Waals surface area contributed by atoms with E-state index in [2.05, 4.69) is 20.4 Å². The Morgan fingerprint density at radius 1 is 0.889 bits per heavy atom. The molecule has 0 bridgehead atoms. The van der Waals surface area contributed by atoms with Gasteiger partial charge in [-0.2, -0.15) is 0 Å². The van der Waals surface area contributed by atoms with Gasteiger partial charge in [0.2, 0.25) is 5.89 Å². The summed E-state index contributed by atoms with van der Waals surface area (Å²) in [5, 5.41) is 14.9. The molecule has 0 fully saturated rings. The number of nitrogens with two attached hydrogens (primary N) is 1. The lowest BCUT2D eigenvalue weighted by Gasteiger charge is -1.94. The predicted molar refractivity (Wildman–Crippen MR) is 61.3 cm³/mol. The summed E-state index contributed by atoms with van der Waals surface area (Å²) in [7, 11) is 0. The van der Waals surface area contributed by atoms with Crippen molar-refractivity contribution in [2.75, 3.05) is 5.73 Å². The van der Waals surface area contributed by atoms with Crippen molar-refractivity contribution >= 4 is 6.01 Å². The second-order valence-electron chi connectivity index (χ2n) is 3.61. The molecule has 0 amide bonds. The van der Waals surface area contributed by atoms with Crippen molar-refractivity contribution in [3.8, 4) is 11.8 Å². The molecular weight excluding hydrogens is 234 g/mol. The van der Waals surface area contributed by atoms with Gasteiger partial charge < -0.3 is 14.6 Å². The SMILES string of the molecule is Nc1nnc(-c2nnc(Cc3ccccc3)o2)o1. The molecule has 1 aromatic carbocycles. The fourth-order valence-corrected chi connectivity index (χ4v) is 1.50. The highest BCUT2D eigenvalue weighted by molar-refractivity contribution is 5.36. The van der Waals surface area contributed by atoms with Gasteiger partial charge in [-0.1, -0.05) is 35.4 Å². The summed E-state index contributed by atoms with van der Waals surface area (Å²) in [6.07, 6.45) is 0.553. The second-order valence-corrected chi connectivity index (χ2v) is 3.61. The number of hydrogen-bond donors (Lipinski definition) is 1. The Morgan fingerprint density at radius 3 is 2.33 bits per heavy atom. The molecule has 3 aromatic rings. The van der Waals surface area contributed by atoms with Gasteiger partial charge in [-0.05, 0) is 5.56 Å². The third kappa shape index (κ3) is 2.05. The summed E-state index contributed by atoms with van der Waals surface area (Å²) in [5.41, 5.74) is 6.40. The molecule has 7 nitrogen and oxygen atoms in total. The maximum absolute atomic E-state index is 5.41. The Bertz CT molecular complexity index is 646. The second kappa shape index (κ2) is 4.28. The minimum absolute atomic E-state index is 0.0344. The van der Waals surface area contributed by atoms with Gasteiger partial charge in [0, 0.05) is 0 Å². The maximum atomic E-state index is 5.41. The quantitative estimate of drug-likeness (QED) is 0.739. The Labute approximate surface area is 102 Å². The molecule has 0 aliphatic rings. The first kappa shape index (κ1) is 10.5. The van der Waals surface area contributed by atoms with E-state index in [1.54, 1.807) is 0 Å². The third-order valence-corrected chi connectivity index (χ3v) is 2.29. The number of hydrogen-bond acceptors (Lipinski definition) is 7. The van der Waals surface area contributed by atoms with E-state index in [4.69, 9.17) is 14.6 Å². The molecule has 2 heterocycles. The van der Waals surface area contributed by atoms with Gasteiger partial charge in [-0.3, -0.25) is 0 Å². The monoisotopic (exact) mass is 243 g/mol. The summed E-state index contributed by atoms with van der Waals surface area (Å²) in [5.74, 6) is 0.775. The lowest BCUT2D eigenvalue weighted by molar-refractivity contribution is 0.487. The van der Waals surface area contributed by atoms with E-state index >= 15 is 0 Å². The van der Waals surface area contributed by atoms with Crippen LogP contribution in [0.2, 0.25) is 0 Å². The molecule has 0 spiro atoms. The fourth-order valence-electron chi connectivity index (χ4n) is 1.50. The van der Waals surface area contributed by atoms with Crippen molar-refractivity contribution in [2.24, 2.45) is 0 Å². The van der Waals surface area contributed by atoms with Crippen LogP contribution in [0.1, 0.15) is 11.5 Å².